The van der Waals surface area contributed by atoms with E-state index in [4.69, 9.17) is 9.47 Å². The first kappa shape index (κ1) is 27.8. The number of benzene rings is 4. The zero-order valence-electron chi connectivity index (χ0n) is 21.7. The van der Waals surface area contributed by atoms with Gasteiger partial charge in [-0.15, -0.1) is 0 Å². The number of nitro groups is 2. The first-order valence-corrected chi connectivity index (χ1v) is 12.6. The van der Waals surface area contributed by atoms with Gasteiger partial charge in [-0.25, -0.2) is 0 Å². The number of nitro benzene ring substituents is 2. The van der Waals surface area contributed by atoms with E-state index in [1.807, 2.05) is 0 Å². The minimum Gasteiger partial charge on any atom is -0.508 e. The van der Waals surface area contributed by atoms with E-state index < -0.39 is 22.1 Å². The Hall–Kier alpha value is -5.78. The number of Topliss-reactive ketones (excluding diaryl/α,β-unsaturated/α-hetero) is 2. The summed E-state index contributed by atoms with van der Waals surface area (Å²) in [7, 11) is 0. The van der Waals surface area contributed by atoms with Crippen molar-refractivity contribution in [3.63, 3.8) is 0 Å². The van der Waals surface area contributed by atoms with Crippen LogP contribution in [0.3, 0.4) is 0 Å². The monoisotopic (exact) mass is 570 g/mol. The fourth-order valence-corrected chi connectivity index (χ4v) is 4.67. The van der Waals surface area contributed by atoms with Gasteiger partial charge < -0.3 is 19.7 Å². The summed E-state index contributed by atoms with van der Waals surface area (Å²) in [5, 5.41) is 40.4. The highest BCUT2D eigenvalue weighted by Gasteiger charge is 2.30. The van der Waals surface area contributed by atoms with Gasteiger partial charge >= 0.3 is 0 Å². The number of carbonyl (C=O) groups excluding carboxylic acids is 2. The number of carbonyl (C=O) groups is 2. The second kappa shape index (κ2) is 11.4. The van der Waals surface area contributed by atoms with Gasteiger partial charge in [-0.05, 0) is 47.5 Å². The molecule has 0 aliphatic carbocycles. The Labute approximate surface area is 237 Å². The third-order valence-electron chi connectivity index (χ3n) is 6.71. The smallest absolute Gasteiger partial charge is 0.269 e. The lowest BCUT2D eigenvalue weighted by molar-refractivity contribution is -0.385. The quantitative estimate of drug-likeness (QED) is 0.218. The van der Waals surface area contributed by atoms with E-state index >= 15 is 0 Å². The van der Waals surface area contributed by atoms with Crippen LogP contribution in [-0.4, -0.2) is 31.6 Å². The normalized spacial score (nSPS) is 17.0. The highest BCUT2D eigenvalue weighted by molar-refractivity contribution is 6.01. The van der Waals surface area contributed by atoms with E-state index in [1.165, 1.54) is 60.7 Å². The van der Waals surface area contributed by atoms with Crippen molar-refractivity contribution < 1.29 is 39.1 Å². The summed E-state index contributed by atoms with van der Waals surface area (Å²) in [5.41, 5.74) is 1.74. The molecule has 0 amide bonds. The molecule has 0 saturated heterocycles. The summed E-state index contributed by atoms with van der Waals surface area (Å²) in [4.78, 5) is 44.9. The third-order valence-corrected chi connectivity index (χ3v) is 6.71. The van der Waals surface area contributed by atoms with Crippen molar-refractivity contribution >= 4 is 22.9 Å². The Kier molecular flexibility index (Phi) is 7.52. The Balaban J connectivity index is 0.000000168. The minimum atomic E-state index is -0.561. The molecule has 2 aliphatic heterocycles. The number of non-ortho nitro benzene ring substituents is 2. The molecule has 12 nitrogen and oxygen atoms in total. The number of phenolic OH excluding ortho intramolecular Hbond substituents is 2. The molecule has 2 atom stereocenters. The Morgan fingerprint density at radius 1 is 0.619 bits per heavy atom. The van der Waals surface area contributed by atoms with Gasteiger partial charge in [0.15, 0.2) is 11.6 Å². The van der Waals surface area contributed by atoms with Crippen molar-refractivity contribution in [2.75, 3.05) is 0 Å². The van der Waals surface area contributed by atoms with Gasteiger partial charge in [0, 0.05) is 24.3 Å². The first-order valence-electron chi connectivity index (χ1n) is 12.6. The second-order valence-corrected chi connectivity index (χ2v) is 9.53. The van der Waals surface area contributed by atoms with Gasteiger partial charge in [0.2, 0.25) is 0 Å². The molecule has 6 rings (SSSR count). The van der Waals surface area contributed by atoms with E-state index in [-0.39, 0.29) is 47.3 Å². The maximum absolute atomic E-state index is 12.1. The first-order chi connectivity index (χ1) is 20.1. The van der Waals surface area contributed by atoms with Crippen molar-refractivity contribution in [1.82, 2.24) is 0 Å². The van der Waals surface area contributed by atoms with Crippen LogP contribution < -0.4 is 9.47 Å². The fourth-order valence-electron chi connectivity index (χ4n) is 4.67. The van der Waals surface area contributed by atoms with Gasteiger partial charge in [0.05, 0.1) is 33.8 Å². The van der Waals surface area contributed by atoms with Crippen LogP contribution in [0.5, 0.6) is 23.0 Å². The van der Waals surface area contributed by atoms with E-state index in [1.54, 1.807) is 24.3 Å². The Bertz CT molecular complexity index is 1610. The van der Waals surface area contributed by atoms with E-state index in [0.717, 1.165) is 0 Å². The van der Waals surface area contributed by atoms with Crippen molar-refractivity contribution in [2.45, 2.75) is 25.0 Å². The number of rotatable bonds is 4. The molecule has 2 heterocycles. The average Bonchev–Trinajstić information content (AvgIpc) is 2.98. The second-order valence-electron chi connectivity index (χ2n) is 9.53. The number of fused-ring (bicyclic) bond motifs is 2. The largest absolute Gasteiger partial charge is 0.508 e. The highest BCUT2D eigenvalue weighted by atomic mass is 16.6. The summed E-state index contributed by atoms with van der Waals surface area (Å²) in [6, 6.07) is 20.7. The van der Waals surface area contributed by atoms with Crippen molar-refractivity contribution in [3.8, 4) is 23.0 Å². The zero-order chi connectivity index (χ0) is 30.0. The lowest BCUT2D eigenvalue weighted by Gasteiger charge is -2.25. The molecule has 0 spiro atoms. The molecule has 2 N–H and O–H groups in total. The summed E-state index contributed by atoms with van der Waals surface area (Å²) < 4.78 is 11.4. The third kappa shape index (κ3) is 5.87. The van der Waals surface area contributed by atoms with Gasteiger partial charge in [-0.2, -0.15) is 0 Å². The predicted octanol–water partition coefficient (Wildman–Crippen LogP) is 6.01. The molecule has 4 aromatic carbocycles. The molecule has 212 valence electrons. The average molecular weight is 571 g/mol. The molecule has 0 fully saturated rings. The number of hydrogen-bond donors (Lipinski definition) is 2. The van der Waals surface area contributed by atoms with Crippen LogP contribution in [-0.2, 0) is 0 Å². The zero-order valence-corrected chi connectivity index (χ0v) is 21.7. The molecule has 0 aromatic heterocycles. The van der Waals surface area contributed by atoms with Crippen molar-refractivity contribution in [3.05, 3.63) is 127 Å². The molecule has 4 aromatic rings. The van der Waals surface area contributed by atoms with Crippen LogP contribution in [0.1, 0.15) is 56.9 Å². The molecule has 0 radical (unpaired) electrons. The number of hydrogen-bond acceptors (Lipinski definition) is 10. The van der Waals surface area contributed by atoms with Gasteiger partial charge in [0.1, 0.15) is 35.2 Å². The molecule has 12 heteroatoms. The molecule has 2 unspecified atom stereocenters. The maximum Gasteiger partial charge on any atom is 0.269 e. The number of ketones is 2. The number of ether oxygens (including phenoxy) is 2. The lowest BCUT2D eigenvalue weighted by atomic mass is 9.96. The topological polar surface area (TPSA) is 179 Å². The van der Waals surface area contributed by atoms with Gasteiger partial charge in [0.25, 0.3) is 11.4 Å². The van der Waals surface area contributed by atoms with Crippen LogP contribution in [0.25, 0.3) is 0 Å². The van der Waals surface area contributed by atoms with Crippen molar-refractivity contribution in [2.24, 2.45) is 0 Å². The number of aromatic hydroxyl groups is 2. The van der Waals surface area contributed by atoms with Gasteiger partial charge in [-0.3, -0.25) is 29.8 Å². The van der Waals surface area contributed by atoms with Crippen LogP contribution in [0, 0.1) is 20.2 Å². The summed E-state index contributed by atoms with van der Waals surface area (Å²) >= 11 is 0. The maximum atomic E-state index is 12.1. The molecule has 0 saturated carbocycles. The van der Waals surface area contributed by atoms with E-state index in [2.05, 4.69) is 0 Å². The molecular formula is C30H22N2O10. The van der Waals surface area contributed by atoms with Crippen LogP contribution >= 0.6 is 0 Å². The lowest BCUT2D eigenvalue weighted by Crippen LogP contribution is -2.20. The summed E-state index contributed by atoms with van der Waals surface area (Å²) in [6.45, 7) is 0. The standard InChI is InChI=1S/2C15H11NO5/c2*17-11-4-5-14-12(7-11)13(18)8-15(21-14)9-2-1-3-10(6-9)16(19)20/h2*1-7,15,17H,8H2. The summed E-state index contributed by atoms with van der Waals surface area (Å²) in [6.07, 6.45) is -0.959. The van der Waals surface area contributed by atoms with Gasteiger partial charge in [-0.1, -0.05) is 24.3 Å². The molecular weight excluding hydrogens is 548 g/mol. The van der Waals surface area contributed by atoms with Crippen LogP contribution in [0.4, 0.5) is 11.4 Å². The van der Waals surface area contributed by atoms with Crippen molar-refractivity contribution in [1.29, 1.82) is 0 Å². The molecule has 2 aliphatic rings. The Morgan fingerprint density at radius 2 is 1.02 bits per heavy atom. The van der Waals surface area contributed by atoms with E-state index in [9.17, 15) is 40.0 Å². The predicted molar refractivity (Wildman–Crippen MR) is 147 cm³/mol. The van der Waals surface area contributed by atoms with Crippen LogP contribution in [0.2, 0.25) is 0 Å². The SMILES string of the molecule is O=C1CC(c2cccc([N+](=O)[O-])c2)Oc2ccc(O)cc21.O=C1CC(c2cccc([N+](=O)[O-])c2)Oc2ccc(O)cc21. The number of nitrogens with zero attached hydrogens (tertiary/aromatic N) is 2. The Morgan fingerprint density at radius 3 is 1.40 bits per heavy atom. The molecule has 42 heavy (non-hydrogen) atoms. The summed E-state index contributed by atoms with van der Waals surface area (Å²) in [5.74, 6) is 0.424. The van der Waals surface area contributed by atoms with E-state index in [0.29, 0.717) is 33.8 Å². The number of phenols is 2. The fraction of sp³-hybridized carbons (Fsp3) is 0.133. The highest BCUT2D eigenvalue weighted by Crippen LogP contribution is 2.38. The minimum absolute atomic E-state index is 0.000464. The molecule has 0 bridgehead atoms. The van der Waals surface area contributed by atoms with Crippen LogP contribution in [0.15, 0.2) is 84.9 Å².